The predicted molar refractivity (Wildman–Crippen MR) is 33.1 cm³/mol. The molecule has 0 fully saturated rings. The highest BCUT2D eigenvalue weighted by Crippen LogP contribution is 1.70. The van der Waals surface area contributed by atoms with E-state index in [9.17, 15) is 9.59 Å². The van der Waals surface area contributed by atoms with Gasteiger partial charge in [0.2, 0.25) is 0 Å². The third kappa shape index (κ3) is 31.1. The van der Waals surface area contributed by atoms with Crippen molar-refractivity contribution in [3.63, 3.8) is 0 Å². The molecule has 0 bridgehead atoms. The number of aliphatic carboxylic acids is 2. The summed E-state index contributed by atoms with van der Waals surface area (Å²) < 4.78 is 0. The molecular weight excluding hydrogens is 156 g/mol. The fourth-order valence-corrected chi connectivity index (χ4v) is 0.143. The highest BCUT2D eigenvalue weighted by Gasteiger charge is 1.88. The third-order valence-electron chi connectivity index (χ3n) is 0.368. The van der Waals surface area contributed by atoms with E-state index < -0.39 is 11.9 Å². The molecule has 0 rings (SSSR count). The zero-order valence-electron chi connectivity index (χ0n) is 5.30. The Morgan fingerprint density at radius 3 is 1.27 bits per heavy atom. The normalized spacial score (nSPS) is 8.00. The second-order valence-electron chi connectivity index (χ2n) is 1.12. The summed E-state index contributed by atoms with van der Waals surface area (Å²) >= 11 is 0. The van der Waals surface area contributed by atoms with Gasteiger partial charge in [-0.15, -0.1) is 0 Å². The maximum absolute atomic E-state index is 9.55. The van der Waals surface area contributed by atoms with Crippen LogP contribution in [0.5, 0.6) is 0 Å². The first-order chi connectivity index (χ1) is 5.04. The minimum Gasteiger partial charge on any atom is -0.483 e. The van der Waals surface area contributed by atoms with Crippen LogP contribution in [0.1, 0.15) is 0 Å². The van der Waals surface area contributed by atoms with Crippen molar-refractivity contribution in [3.8, 4) is 0 Å². The van der Waals surface area contributed by atoms with Gasteiger partial charge in [0.1, 0.15) is 0 Å². The summed E-state index contributed by atoms with van der Waals surface area (Å²) in [6.45, 7) is -0.250. The standard InChI is InChI=1S/C4H4O4.CH2O2/c5-3(6)1-2-4(7)8;2-1-3/h1-2H,(H,5,6)(H,7,8);1H,(H,2,3). The summed E-state index contributed by atoms with van der Waals surface area (Å²) in [7, 11) is 0. The van der Waals surface area contributed by atoms with Gasteiger partial charge in [-0.25, -0.2) is 9.59 Å². The molecule has 0 atom stereocenters. The molecular formula is C5H6O6. The summed E-state index contributed by atoms with van der Waals surface area (Å²) in [5.41, 5.74) is 0. The van der Waals surface area contributed by atoms with Gasteiger partial charge in [0, 0.05) is 12.2 Å². The molecule has 0 saturated carbocycles. The van der Waals surface area contributed by atoms with E-state index in [0.29, 0.717) is 12.2 Å². The molecule has 0 amide bonds. The smallest absolute Gasteiger partial charge is 0.328 e. The molecule has 0 aliphatic rings. The highest BCUT2D eigenvalue weighted by molar-refractivity contribution is 5.89. The molecule has 0 aliphatic carbocycles. The molecule has 3 N–H and O–H groups in total. The Bertz CT molecular complexity index is 154. The van der Waals surface area contributed by atoms with Gasteiger partial charge in [-0.05, 0) is 0 Å². The molecule has 0 heterocycles. The van der Waals surface area contributed by atoms with Crippen LogP contribution in [0.15, 0.2) is 12.2 Å². The minimum atomic E-state index is -1.26. The summed E-state index contributed by atoms with van der Waals surface area (Å²) in [5, 5.41) is 22.5. The first-order valence-corrected chi connectivity index (χ1v) is 2.26. The van der Waals surface area contributed by atoms with E-state index in [2.05, 4.69) is 0 Å². The first kappa shape index (κ1) is 11.9. The predicted octanol–water partition coefficient (Wildman–Crippen LogP) is -0.587. The zero-order valence-corrected chi connectivity index (χ0v) is 5.30. The Kier molecular flexibility index (Phi) is 8.81. The fraction of sp³-hybridized carbons (Fsp3) is 0. The second kappa shape index (κ2) is 8.15. The van der Waals surface area contributed by atoms with Crippen molar-refractivity contribution in [1.82, 2.24) is 0 Å². The van der Waals surface area contributed by atoms with Crippen molar-refractivity contribution in [3.05, 3.63) is 12.2 Å². The van der Waals surface area contributed by atoms with Crippen molar-refractivity contribution in [2.24, 2.45) is 0 Å². The molecule has 0 aromatic carbocycles. The molecule has 0 saturated heterocycles. The lowest BCUT2D eigenvalue weighted by Crippen LogP contribution is -1.91. The van der Waals surface area contributed by atoms with Crippen molar-refractivity contribution in [1.29, 1.82) is 0 Å². The third-order valence-corrected chi connectivity index (χ3v) is 0.368. The van der Waals surface area contributed by atoms with Crippen LogP contribution in [0.4, 0.5) is 0 Å². The number of hydrogen-bond donors (Lipinski definition) is 3. The SMILES string of the molecule is O=C(O)C=CC(=O)O.O=CO. The molecule has 62 valence electrons. The highest BCUT2D eigenvalue weighted by atomic mass is 16.4. The molecule has 6 nitrogen and oxygen atoms in total. The molecule has 0 aliphatic heterocycles. The van der Waals surface area contributed by atoms with Gasteiger partial charge in [0.05, 0.1) is 0 Å². The zero-order chi connectivity index (χ0) is 9.28. The van der Waals surface area contributed by atoms with Crippen LogP contribution in [0.2, 0.25) is 0 Å². The lowest BCUT2D eigenvalue weighted by atomic mass is 10.5. The number of rotatable bonds is 2. The molecule has 0 spiro atoms. The van der Waals surface area contributed by atoms with E-state index in [-0.39, 0.29) is 6.47 Å². The van der Waals surface area contributed by atoms with Gasteiger partial charge in [-0.3, -0.25) is 4.79 Å². The average Bonchev–Trinajstić information content (AvgIpc) is 1.85. The topological polar surface area (TPSA) is 112 Å². The van der Waals surface area contributed by atoms with Gasteiger partial charge in [-0.1, -0.05) is 0 Å². The van der Waals surface area contributed by atoms with E-state index in [4.69, 9.17) is 20.1 Å². The lowest BCUT2D eigenvalue weighted by molar-refractivity contribution is -0.134. The minimum absolute atomic E-state index is 0.250. The van der Waals surface area contributed by atoms with Crippen LogP contribution >= 0.6 is 0 Å². The van der Waals surface area contributed by atoms with Crippen molar-refractivity contribution >= 4 is 18.4 Å². The van der Waals surface area contributed by atoms with Gasteiger partial charge < -0.3 is 15.3 Å². The van der Waals surface area contributed by atoms with Crippen LogP contribution < -0.4 is 0 Å². The molecule has 0 aromatic rings. The van der Waals surface area contributed by atoms with Gasteiger partial charge >= 0.3 is 11.9 Å². The van der Waals surface area contributed by atoms with E-state index >= 15 is 0 Å². The largest absolute Gasteiger partial charge is 0.483 e. The average molecular weight is 162 g/mol. The maximum atomic E-state index is 9.55. The van der Waals surface area contributed by atoms with E-state index in [0.717, 1.165) is 0 Å². The Morgan fingerprint density at radius 1 is 1.00 bits per heavy atom. The molecule has 0 radical (unpaired) electrons. The molecule has 6 heteroatoms. The maximum Gasteiger partial charge on any atom is 0.328 e. The number of hydrogen-bond acceptors (Lipinski definition) is 3. The van der Waals surface area contributed by atoms with Crippen LogP contribution in [0, 0.1) is 0 Å². The quantitative estimate of drug-likeness (QED) is 0.369. The van der Waals surface area contributed by atoms with Gasteiger partial charge in [0.15, 0.2) is 0 Å². The Morgan fingerprint density at radius 2 is 1.18 bits per heavy atom. The summed E-state index contributed by atoms with van der Waals surface area (Å²) in [4.78, 5) is 27.5. The summed E-state index contributed by atoms with van der Waals surface area (Å²) in [6.07, 6.45) is 1.12. The lowest BCUT2D eigenvalue weighted by Gasteiger charge is -1.74. The van der Waals surface area contributed by atoms with Crippen molar-refractivity contribution in [2.75, 3.05) is 0 Å². The Hall–Kier alpha value is -1.85. The number of carbonyl (C=O) groups is 3. The number of carboxylic acid groups (broad SMARTS) is 3. The van der Waals surface area contributed by atoms with Gasteiger partial charge in [0.25, 0.3) is 6.47 Å². The van der Waals surface area contributed by atoms with Crippen molar-refractivity contribution in [2.45, 2.75) is 0 Å². The summed E-state index contributed by atoms with van der Waals surface area (Å²) in [5.74, 6) is -2.51. The monoisotopic (exact) mass is 162 g/mol. The van der Waals surface area contributed by atoms with Gasteiger partial charge in [-0.2, -0.15) is 0 Å². The molecule has 11 heavy (non-hydrogen) atoms. The molecule has 0 unspecified atom stereocenters. The van der Waals surface area contributed by atoms with Crippen LogP contribution in [0.3, 0.4) is 0 Å². The number of carboxylic acids is 2. The van der Waals surface area contributed by atoms with Crippen molar-refractivity contribution < 1.29 is 29.7 Å². The Balaban J connectivity index is 0. The molecule has 0 aromatic heterocycles. The van der Waals surface area contributed by atoms with Crippen LogP contribution in [-0.2, 0) is 14.4 Å². The Labute approximate surface area is 61.4 Å². The fourth-order valence-electron chi connectivity index (χ4n) is 0.143. The van der Waals surface area contributed by atoms with E-state index in [1.54, 1.807) is 0 Å². The summed E-state index contributed by atoms with van der Waals surface area (Å²) in [6, 6.07) is 0. The van der Waals surface area contributed by atoms with Crippen LogP contribution in [-0.4, -0.2) is 33.7 Å². The van der Waals surface area contributed by atoms with E-state index in [1.807, 2.05) is 0 Å². The second-order valence-corrected chi connectivity index (χ2v) is 1.12. The van der Waals surface area contributed by atoms with E-state index in [1.165, 1.54) is 0 Å². The van der Waals surface area contributed by atoms with Crippen LogP contribution in [0.25, 0.3) is 0 Å². The first-order valence-electron chi connectivity index (χ1n) is 2.26.